The van der Waals surface area contributed by atoms with E-state index in [9.17, 15) is 27.6 Å². The minimum atomic E-state index is -4.09. The van der Waals surface area contributed by atoms with Gasteiger partial charge in [-0.05, 0) is 42.2 Å². The minimum Gasteiger partial charge on any atom is -0.379 e. The van der Waals surface area contributed by atoms with E-state index in [0.29, 0.717) is 24.9 Å². The number of sulfonamides is 1. The van der Waals surface area contributed by atoms with E-state index in [-0.39, 0.29) is 49.5 Å². The predicted molar refractivity (Wildman–Crippen MR) is 202 cm³/mol. The molecule has 8 atom stereocenters. The number of azide groups is 1. The molecule has 0 bridgehead atoms. The topological polar surface area (TPSA) is 226 Å². The lowest BCUT2D eigenvalue weighted by Gasteiger charge is -2.40. The van der Waals surface area contributed by atoms with E-state index < -0.39 is 69.9 Å². The zero-order valence-electron chi connectivity index (χ0n) is 32.4. The highest BCUT2D eigenvalue weighted by atomic mass is 32.2. The summed E-state index contributed by atoms with van der Waals surface area (Å²) in [7, 11) is 0.593. The Morgan fingerprint density at radius 3 is 2.32 bits per heavy atom. The normalized spacial score (nSPS) is 18.5. The van der Waals surface area contributed by atoms with Gasteiger partial charge in [0.2, 0.25) is 27.7 Å². The van der Waals surface area contributed by atoms with Gasteiger partial charge in [-0.25, -0.2) is 8.42 Å². The average Bonchev–Trinajstić information content (AvgIpc) is 3.62. The monoisotopic (exact) mass is 764 g/mol. The number of nitrogens with two attached hydrogens (primary N) is 1. The van der Waals surface area contributed by atoms with E-state index in [0.717, 1.165) is 6.42 Å². The molecule has 0 aromatic heterocycles. The van der Waals surface area contributed by atoms with E-state index in [1.54, 1.807) is 54.1 Å². The quantitative estimate of drug-likeness (QED) is 0.0682. The van der Waals surface area contributed by atoms with Crippen molar-refractivity contribution in [3.8, 4) is 0 Å². The SMILES string of the molecule is CC[C@H](C)[C@@H]([C@H](CC(=O)N1CCC[C@H]1[C@H](OC)[C@@H](C)C(=O)N[C@@H](Cc1ccccc1)C(=O)NS(=O)(=O)CCCN=[N+]=[N-])OC)N(C)C(=O)C(N)C(C)C. The highest BCUT2D eigenvalue weighted by Gasteiger charge is 2.43. The molecule has 0 saturated carbocycles. The van der Waals surface area contributed by atoms with Crippen LogP contribution in [0.1, 0.15) is 72.3 Å². The van der Waals surface area contributed by atoms with Crippen LogP contribution in [0.4, 0.5) is 0 Å². The smallest absolute Gasteiger partial charge is 0.256 e. The Balaban J connectivity index is 2.27. The summed E-state index contributed by atoms with van der Waals surface area (Å²) in [6, 6.07) is 6.01. The molecule has 0 spiro atoms. The Morgan fingerprint density at radius 2 is 1.75 bits per heavy atom. The summed E-state index contributed by atoms with van der Waals surface area (Å²) in [6.45, 7) is 9.82. The van der Waals surface area contributed by atoms with Crippen molar-refractivity contribution in [1.82, 2.24) is 19.8 Å². The zero-order valence-corrected chi connectivity index (χ0v) is 33.3. The van der Waals surface area contributed by atoms with Crippen molar-refractivity contribution in [3.63, 3.8) is 0 Å². The van der Waals surface area contributed by atoms with E-state index in [4.69, 9.17) is 20.7 Å². The molecule has 1 aliphatic rings. The summed E-state index contributed by atoms with van der Waals surface area (Å²) in [5.41, 5.74) is 15.4. The Labute approximate surface area is 314 Å². The molecule has 1 aromatic carbocycles. The Morgan fingerprint density at radius 1 is 1.09 bits per heavy atom. The fraction of sp³-hybridized carbons (Fsp3) is 0.722. The highest BCUT2D eigenvalue weighted by molar-refractivity contribution is 7.90. The summed E-state index contributed by atoms with van der Waals surface area (Å²) in [5, 5.41) is 6.05. The van der Waals surface area contributed by atoms with Crippen LogP contribution in [0.5, 0.6) is 0 Å². The van der Waals surface area contributed by atoms with Crippen molar-refractivity contribution in [2.24, 2.45) is 28.6 Å². The highest BCUT2D eigenvalue weighted by Crippen LogP contribution is 2.29. The minimum absolute atomic E-state index is 0.000349. The molecule has 4 amide bonds. The van der Waals surface area contributed by atoms with Crippen molar-refractivity contribution < 1.29 is 37.1 Å². The molecule has 1 fully saturated rings. The van der Waals surface area contributed by atoms with Gasteiger partial charge in [-0.2, -0.15) is 0 Å². The molecule has 1 unspecified atom stereocenters. The van der Waals surface area contributed by atoms with E-state index in [1.165, 1.54) is 14.2 Å². The Kier molecular flexibility index (Phi) is 18.7. The summed E-state index contributed by atoms with van der Waals surface area (Å²) < 4.78 is 39.1. The molecule has 2 rings (SSSR count). The first-order valence-corrected chi connectivity index (χ1v) is 19.9. The zero-order chi connectivity index (χ0) is 39.9. The van der Waals surface area contributed by atoms with Gasteiger partial charge in [0.05, 0.1) is 48.4 Å². The number of carbonyl (C=O) groups is 4. The Hall–Kier alpha value is -3.76. The lowest BCUT2D eigenvalue weighted by atomic mass is 9.89. The second-order valence-electron chi connectivity index (χ2n) is 14.2. The molecular weight excluding hydrogens is 705 g/mol. The molecule has 53 heavy (non-hydrogen) atoms. The third-order valence-electron chi connectivity index (χ3n) is 10.2. The maximum atomic E-state index is 14.0. The van der Waals surface area contributed by atoms with Crippen LogP contribution in [-0.2, 0) is 45.1 Å². The van der Waals surface area contributed by atoms with Crippen LogP contribution < -0.4 is 15.8 Å². The fourth-order valence-corrected chi connectivity index (χ4v) is 7.89. The van der Waals surface area contributed by atoms with Crippen molar-refractivity contribution in [2.45, 2.75) is 110 Å². The molecule has 17 heteroatoms. The molecule has 1 saturated heterocycles. The first-order chi connectivity index (χ1) is 25.0. The number of nitrogens with one attached hydrogen (secondary N) is 2. The van der Waals surface area contributed by atoms with E-state index in [1.807, 2.05) is 32.4 Å². The number of rotatable bonds is 22. The van der Waals surface area contributed by atoms with Gasteiger partial charge in [-0.3, -0.25) is 23.9 Å². The third kappa shape index (κ3) is 13.2. The van der Waals surface area contributed by atoms with Gasteiger partial charge in [0.15, 0.2) is 0 Å². The largest absolute Gasteiger partial charge is 0.379 e. The van der Waals surface area contributed by atoms with Gasteiger partial charge in [0.25, 0.3) is 5.91 Å². The van der Waals surface area contributed by atoms with Gasteiger partial charge in [-0.15, -0.1) is 0 Å². The molecule has 16 nitrogen and oxygen atoms in total. The number of ether oxygens (including phenoxy) is 2. The molecule has 298 valence electrons. The van der Waals surface area contributed by atoms with Gasteiger partial charge in [-0.1, -0.05) is 76.5 Å². The van der Waals surface area contributed by atoms with Gasteiger partial charge in [0, 0.05) is 45.7 Å². The average molecular weight is 765 g/mol. The van der Waals surface area contributed by atoms with E-state index in [2.05, 4.69) is 15.3 Å². The molecule has 1 aliphatic heterocycles. The predicted octanol–water partition coefficient (Wildman–Crippen LogP) is 2.76. The van der Waals surface area contributed by atoms with Crippen molar-refractivity contribution in [2.75, 3.05) is 40.1 Å². The molecule has 1 aromatic rings. The van der Waals surface area contributed by atoms with Crippen LogP contribution in [0, 0.1) is 17.8 Å². The van der Waals surface area contributed by atoms with Gasteiger partial charge < -0.3 is 30.3 Å². The lowest BCUT2D eigenvalue weighted by molar-refractivity contribution is -0.146. The van der Waals surface area contributed by atoms with Crippen molar-refractivity contribution in [1.29, 1.82) is 0 Å². The van der Waals surface area contributed by atoms with Gasteiger partial charge in [0.1, 0.15) is 6.04 Å². The summed E-state index contributed by atoms with van der Waals surface area (Å²) >= 11 is 0. The first kappa shape index (κ1) is 45.4. The number of hydrogen-bond donors (Lipinski definition) is 3. The van der Waals surface area contributed by atoms with Crippen LogP contribution in [0.15, 0.2) is 35.4 Å². The fourth-order valence-electron chi connectivity index (χ4n) is 6.83. The van der Waals surface area contributed by atoms with Crippen LogP contribution >= 0.6 is 0 Å². The Bertz CT molecular complexity index is 1510. The summed E-state index contributed by atoms with van der Waals surface area (Å²) in [5.74, 6) is -3.26. The van der Waals surface area contributed by atoms with Crippen LogP contribution in [-0.4, -0.2) is 118 Å². The standard InChI is InChI=1S/C36H60N8O8S/c1-9-24(4)32(43(6)36(48)31(37)23(2)3)29(51-7)22-30(45)44-19-13-17-28(44)33(52-8)25(5)34(46)40-27(21-26-15-11-10-12-16-26)35(47)41-53(49,50)20-14-18-39-42-38/h10-12,15-16,23-25,27-29,31-33H,9,13-14,17-22,37H2,1-8H3,(H,40,46)(H,41,47)/t24-,25+,27-,28-,29-,31?,32-,33+/m0/s1. The number of nitrogens with zero attached hydrogens (tertiary/aromatic N) is 5. The van der Waals surface area contributed by atoms with Crippen molar-refractivity contribution in [3.05, 3.63) is 46.3 Å². The number of likely N-dealkylation sites (N-methyl/N-ethyl adjacent to an activating group) is 1. The molecule has 4 N–H and O–H groups in total. The number of amides is 4. The maximum Gasteiger partial charge on any atom is 0.256 e. The van der Waals surface area contributed by atoms with Crippen LogP contribution in [0.25, 0.3) is 10.4 Å². The number of methoxy groups -OCH3 is 2. The molecule has 0 radical (unpaired) electrons. The number of likely N-dealkylation sites (tertiary alicyclic amines) is 1. The molecule has 0 aliphatic carbocycles. The first-order valence-electron chi connectivity index (χ1n) is 18.3. The second kappa shape index (κ2) is 21.8. The molecular formula is C36H60N8O8S. The second-order valence-corrected chi connectivity index (χ2v) is 16.0. The van der Waals surface area contributed by atoms with Crippen molar-refractivity contribution >= 4 is 33.7 Å². The summed E-state index contributed by atoms with van der Waals surface area (Å²) in [6.07, 6.45) is 0.616. The maximum absolute atomic E-state index is 14.0. The number of carbonyl (C=O) groups excluding carboxylic acids is 4. The number of benzene rings is 1. The lowest BCUT2D eigenvalue weighted by Crippen LogP contribution is -2.56. The van der Waals surface area contributed by atoms with E-state index >= 15 is 0 Å². The van der Waals surface area contributed by atoms with Crippen LogP contribution in [0.2, 0.25) is 0 Å². The third-order valence-corrected chi connectivity index (χ3v) is 11.5. The number of hydrogen-bond acceptors (Lipinski definition) is 10. The summed E-state index contributed by atoms with van der Waals surface area (Å²) in [4.78, 5) is 60.4. The van der Waals surface area contributed by atoms with Crippen LogP contribution in [0.3, 0.4) is 0 Å². The molecule has 1 heterocycles. The van der Waals surface area contributed by atoms with Gasteiger partial charge >= 0.3 is 0 Å².